The fourth-order valence-electron chi connectivity index (χ4n) is 3.25. The molecule has 0 saturated carbocycles. The number of halogens is 1. The van der Waals surface area contributed by atoms with Crippen molar-refractivity contribution in [3.8, 4) is 0 Å². The number of aromatic amines is 1. The third-order valence-electron chi connectivity index (χ3n) is 4.65. The first-order valence-corrected chi connectivity index (χ1v) is 10.7. The van der Waals surface area contributed by atoms with Crippen molar-refractivity contribution < 1.29 is 4.79 Å². The van der Waals surface area contributed by atoms with E-state index in [0.29, 0.717) is 21.7 Å². The maximum Gasteiger partial charge on any atom is 0.260 e. The Bertz CT molecular complexity index is 1040. The van der Waals surface area contributed by atoms with Crippen LogP contribution in [0, 0.1) is 5.92 Å². The fraction of sp³-hybridized carbons (Fsp3) is 0.316. The monoisotopic (exact) mass is 404 g/mol. The number of aromatic nitrogens is 2. The Morgan fingerprint density at radius 3 is 2.92 bits per heavy atom. The predicted octanol–water partition coefficient (Wildman–Crippen LogP) is 4.74. The molecule has 1 aliphatic rings. The first-order chi connectivity index (χ1) is 12.5. The van der Waals surface area contributed by atoms with Crippen molar-refractivity contribution in [1.29, 1.82) is 0 Å². The van der Waals surface area contributed by atoms with Gasteiger partial charge in [0.25, 0.3) is 5.56 Å². The van der Waals surface area contributed by atoms with Gasteiger partial charge < -0.3 is 4.98 Å². The number of carbonyl (C=O) groups excluding carboxylic acids is 1. The number of nitrogens with one attached hydrogen (secondary N) is 1. The van der Waals surface area contributed by atoms with Gasteiger partial charge in [0.15, 0.2) is 10.9 Å². The largest absolute Gasteiger partial charge is 0.301 e. The normalized spacial score (nSPS) is 16.6. The van der Waals surface area contributed by atoms with Gasteiger partial charge in [0.1, 0.15) is 4.83 Å². The van der Waals surface area contributed by atoms with Gasteiger partial charge in [0, 0.05) is 15.5 Å². The van der Waals surface area contributed by atoms with Crippen molar-refractivity contribution in [2.24, 2.45) is 5.92 Å². The van der Waals surface area contributed by atoms with Gasteiger partial charge in [-0.2, -0.15) is 0 Å². The number of thioether (sulfide) groups is 1. The highest BCUT2D eigenvalue weighted by Gasteiger charge is 2.23. The van der Waals surface area contributed by atoms with Crippen LogP contribution in [0.2, 0.25) is 5.02 Å². The number of Topliss-reactive ketones (excluding diaryl/α,β-unsaturated/α-hetero) is 1. The van der Waals surface area contributed by atoms with Crippen LogP contribution < -0.4 is 5.56 Å². The second kappa shape index (κ2) is 7.18. The minimum atomic E-state index is -0.0940. The summed E-state index contributed by atoms with van der Waals surface area (Å²) < 4.78 is 0. The number of H-pyrrole nitrogens is 1. The average Bonchev–Trinajstić information content (AvgIpc) is 2.98. The van der Waals surface area contributed by atoms with Crippen molar-refractivity contribution in [2.75, 3.05) is 5.75 Å². The SMILES string of the molecule is C[C@@H]1CCc2c(sc3nc(SCC(=O)c4ccc(Cl)cc4)[nH]c(=O)c23)C1. The van der Waals surface area contributed by atoms with Crippen LogP contribution >= 0.6 is 34.7 Å². The highest BCUT2D eigenvalue weighted by atomic mass is 35.5. The molecule has 1 aliphatic carbocycles. The Balaban J connectivity index is 1.57. The van der Waals surface area contributed by atoms with E-state index in [1.54, 1.807) is 35.6 Å². The molecule has 26 heavy (non-hydrogen) atoms. The van der Waals surface area contributed by atoms with Crippen LogP contribution in [0.3, 0.4) is 0 Å². The van der Waals surface area contributed by atoms with Crippen molar-refractivity contribution in [3.05, 3.63) is 55.6 Å². The molecule has 0 saturated heterocycles. The lowest BCUT2D eigenvalue weighted by Crippen LogP contribution is -2.13. The number of rotatable bonds is 4. The second-order valence-electron chi connectivity index (χ2n) is 6.62. The van der Waals surface area contributed by atoms with Crippen LogP contribution in [-0.4, -0.2) is 21.5 Å². The van der Waals surface area contributed by atoms with Crippen molar-refractivity contribution >= 4 is 50.7 Å². The lowest BCUT2D eigenvalue weighted by atomic mass is 9.89. The molecule has 0 amide bonds. The Morgan fingerprint density at radius 2 is 2.15 bits per heavy atom. The van der Waals surface area contributed by atoms with Gasteiger partial charge in [0.05, 0.1) is 11.1 Å². The highest BCUT2D eigenvalue weighted by molar-refractivity contribution is 7.99. The van der Waals surface area contributed by atoms with Crippen molar-refractivity contribution in [2.45, 2.75) is 31.3 Å². The third kappa shape index (κ3) is 3.46. The van der Waals surface area contributed by atoms with Gasteiger partial charge >= 0.3 is 0 Å². The zero-order chi connectivity index (χ0) is 18.3. The van der Waals surface area contributed by atoms with Gasteiger partial charge in [-0.3, -0.25) is 9.59 Å². The Kier molecular flexibility index (Phi) is 4.90. The van der Waals surface area contributed by atoms with E-state index >= 15 is 0 Å². The zero-order valence-electron chi connectivity index (χ0n) is 14.2. The first-order valence-electron chi connectivity index (χ1n) is 8.47. The molecule has 0 aliphatic heterocycles. The summed E-state index contributed by atoms with van der Waals surface area (Å²) in [6.45, 7) is 2.24. The number of aryl methyl sites for hydroxylation is 1. The van der Waals surface area contributed by atoms with Crippen molar-refractivity contribution in [1.82, 2.24) is 9.97 Å². The maximum atomic E-state index is 12.6. The first kappa shape index (κ1) is 17.8. The molecular formula is C19H17ClN2O2S2. The summed E-state index contributed by atoms with van der Waals surface area (Å²) >= 11 is 8.73. The minimum absolute atomic E-state index is 0.0197. The molecule has 0 bridgehead atoms. The van der Waals surface area contributed by atoms with E-state index in [4.69, 9.17) is 11.6 Å². The topological polar surface area (TPSA) is 62.8 Å². The summed E-state index contributed by atoms with van der Waals surface area (Å²) in [4.78, 5) is 34.4. The van der Waals surface area contributed by atoms with E-state index in [0.717, 1.165) is 29.5 Å². The number of fused-ring (bicyclic) bond motifs is 3. The molecule has 0 radical (unpaired) electrons. The minimum Gasteiger partial charge on any atom is -0.301 e. The quantitative estimate of drug-likeness (QED) is 0.387. The van der Waals surface area contributed by atoms with Crippen molar-refractivity contribution in [3.63, 3.8) is 0 Å². The smallest absolute Gasteiger partial charge is 0.260 e. The van der Waals surface area contributed by atoms with E-state index in [1.165, 1.54) is 22.2 Å². The predicted molar refractivity (Wildman–Crippen MR) is 108 cm³/mol. The van der Waals surface area contributed by atoms with E-state index in [-0.39, 0.29) is 17.1 Å². The second-order valence-corrected chi connectivity index (χ2v) is 9.11. The zero-order valence-corrected chi connectivity index (χ0v) is 16.6. The molecule has 134 valence electrons. The average molecular weight is 405 g/mol. The lowest BCUT2D eigenvalue weighted by Gasteiger charge is -2.17. The van der Waals surface area contributed by atoms with Crippen LogP contribution in [-0.2, 0) is 12.8 Å². The fourth-order valence-corrected chi connectivity index (χ4v) is 5.57. The van der Waals surface area contributed by atoms with E-state index in [2.05, 4.69) is 16.9 Å². The van der Waals surface area contributed by atoms with Gasteiger partial charge in [-0.1, -0.05) is 30.3 Å². The number of ketones is 1. The number of benzene rings is 1. The van der Waals surface area contributed by atoms with Gasteiger partial charge in [0.2, 0.25) is 0 Å². The number of nitrogens with zero attached hydrogens (tertiary/aromatic N) is 1. The summed E-state index contributed by atoms with van der Waals surface area (Å²) in [5, 5.41) is 1.84. The molecule has 0 spiro atoms. The Morgan fingerprint density at radius 1 is 1.38 bits per heavy atom. The lowest BCUT2D eigenvalue weighted by molar-refractivity contribution is 0.102. The summed E-state index contributed by atoms with van der Waals surface area (Å²) in [6, 6.07) is 6.81. The Hall–Kier alpha value is -1.63. The highest BCUT2D eigenvalue weighted by Crippen LogP contribution is 2.36. The molecule has 4 rings (SSSR count). The van der Waals surface area contributed by atoms with Gasteiger partial charge in [-0.05, 0) is 55.0 Å². The molecule has 1 aromatic carbocycles. The van der Waals surface area contributed by atoms with Gasteiger partial charge in [-0.15, -0.1) is 11.3 Å². The summed E-state index contributed by atoms with van der Waals surface area (Å²) in [5.74, 6) is 0.854. The molecule has 3 aromatic rings. The third-order valence-corrected chi connectivity index (χ3v) is 6.92. The summed E-state index contributed by atoms with van der Waals surface area (Å²) in [6.07, 6.45) is 3.08. The number of hydrogen-bond acceptors (Lipinski definition) is 5. The Labute approximate surface area is 164 Å². The van der Waals surface area contributed by atoms with Gasteiger partial charge in [-0.25, -0.2) is 4.98 Å². The number of thiophene rings is 1. The molecule has 4 nitrogen and oxygen atoms in total. The number of carbonyl (C=O) groups is 1. The number of hydrogen-bond donors (Lipinski definition) is 1. The van der Waals surface area contributed by atoms with Crippen LogP contribution in [0.1, 0.15) is 34.1 Å². The molecule has 1 atom stereocenters. The van der Waals surface area contributed by atoms with Crippen LogP contribution in [0.4, 0.5) is 0 Å². The van der Waals surface area contributed by atoms with E-state index in [9.17, 15) is 9.59 Å². The standard InChI is InChI=1S/C19H17ClN2O2S2/c1-10-2-7-13-15(8-10)26-18-16(13)17(24)21-19(22-18)25-9-14(23)11-3-5-12(20)6-4-11/h3-6,10H,2,7-9H2,1H3,(H,21,22,24)/t10-/m1/s1. The molecule has 2 heterocycles. The van der Waals surface area contributed by atoms with E-state index in [1.807, 2.05) is 0 Å². The van der Waals surface area contributed by atoms with Crippen LogP contribution in [0.15, 0.2) is 34.2 Å². The van der Waals surface area contributed by atoms with Crippen LogP contribution in [0.25, 0.3) is 10.2 Å². The molecule has 0 unspecified atom stereocenters. The molecule has 0 fully saturated rings. The molecule has 7 heteroatoms. The summed E-state index contributed by atoms with van der Waals surface area (Å²) in [7, 11) is 0. The molecule has 1 N–H and O–H groups in total. The van der Waals surface area contributed by atoms with E-state index < -0.39 is 0 Å². The maximum absolute atomic E-state index is 12.6. The summed E-state index contributed by atoms with van der Waals surface area (Å²) in [5.41, 5.74) is 1.68. The molecular weight excluding hydrogens is 388 g/mol. The van der Waals surface area contributed by atoms with Crippen LogP contribution in [0.5, 0.6) is 0 Å². The molecule has 2 aromatic heterocycles.